The number of carboxylic acid groups (broad SMARTS) is 2. The number of hydrogen-bond acceptors (Lipinski definition) is 8. The molecule has 1 fully saturated rings. The molecule has 0 bridgehead atoms. The van der Waals surface area contributed by atoms with Crippen molar-refractivity contribution in [2.24, 2.45) is 0 Å². The fraction of sp³-hybridized carbons (Fsp3) is 0.900. The average Bonchev–Trinajstić information content (AvgIpc) is 2.50. The Hall–Kier alpha value is -0.886. The molecule has 1 aliphatic heterocycles. The van der Waals surface area contributed by atoms with Gasteiger partial charge in [-0.3, -0.25) is 9.80 Å². The second-order valence-corrected chi connectivity index (χ2v) is 9.41. The van der Waals surface area contributed by atoms with Crippen molar-refractivity contribution in [3.05, 3.63) is 0 Å². The molecule has 0 saturated carbocycles. The third kappa shape index (κ3) is 17.2. The normalized spacial score (nSPS) is 24.1. The van der Waals surface area contributed by atoms with Crippen molar-refractivity contribution in [3.63, 3.8) is 0 Å². The van der Waals surface area contributed by atoms with Crippen LogP contribution in [-0.2, 0) is 26.1 Å². The monoisotopic (exact) mass is 528 g/mol. The Morgan fingerprint density at radius 3 is 1.27 bits per heavy atom. The Bertz CT molecular complexity index is 494. The van der Waals surface area contributed by atoms with E-state index in [-0.39, 0.29) is 74.6 Å². The van der Waals surface area contributed by atoms with Crippen LogP contribution in [0.15, 0.2) is 0 Å². The van der Waals surface area contributed by atoms with Crippen LogP contribution in [0.5, 0.6) is 0 Å². The van der Waals surface area contributed by atoms with Crippen molar-refractivity contribution >= 4 is 11.9 Å². The molecule has 0 aromatic carbocycles. The number of carbonyl (C=O) groups excluding carboxylic acids is 2. The second-order valence-electron chi connectivity index (χ2n) is 9.41. The van der Waals surface area contributed by atoms with Gasteiger partial charge in [-0.15, -0.1) is 0 Å². The SMILES string of the molecule is C[C@H]1CC(C)(C)NCCN(CC(=O)[O-])[C@@H](C)CC(C)(C)NCCN1CC(=O)[O-].O.O.O.O.[Ni+2]. The van der Waals surface area contributed by atoms with E-state index >= 15 is 0 Å². The first-order chi connectivity index (χ1) is 12.8. The molecule has 0 spiro atoms. The molecular formula is C20H46N4NiO8. The summed E-state index contributed by atoms with van der Waals surface area (Å²) in [5, 5.41) is 29.4. The zero-order chi connectivity index (χ0) is 21.5. The van der Waals surface area contributed by atoms with Crippen LogP contribution in [0.2, 0.25) is 0 Å². The number of rotatable bonds is 4. The van der Waals surface area contributed by atoms with Crippen molar-refractivity contribution in [3.8, 4) is 0 Å². The summed E-state index contributed by atoms with van der Waals surface area (Å²) in [4.78, 5) is 26.3. The van der Waals surface area contributed by atoms with Crippen molar-refractivity contribution < 1.29 is 58.2 Å². The van der Waals surface area contributed by atoms with Gasteiger partial charge in [-0.2, -0.15) is 0 Å². The Kier molecular flexibility index (Phi) is 23.6. The first-order valence-corrected chi connectivity index (χ1v) is 10.2. The Labute approximate surface area is 207 Å². The molecule has 0 unspecified atom stereocenters. The zero-order valence-corrected chi connectivity index (χ0v) is 21.6. The molecule has 0 aromatic heterocycles. The smallest absolute Gasteiger partial charge is 0.549 e. The van der Waals surface area contributed by atoms with Gasteiger partial charge < -0.3 is 52.3 Å². The van der Waals surface area contributed by atoms with Crippen LogP contribution in [0.4, 0.5) is 0 Å². The molecule has 0 amide bonds. The van der Waals surface area contributed by atoms with E-state index in [4.69, 9.17) is 0 Å². The molecule has 1 heterocycles. The molecule has 1 rings (SSSR count). The van der Waals surface area contributed by atoms with Gasteiger partial charge in [-0.1, -0.05) is 0 Å². The number of nitrogens with zero attached hydrogens (tertiary/aromatic N) is 2. The van der Waals surface area contributed by atoms with Gasteiger partial charge in [-0.05, 0) is 54.4 Å². The summed E-state index contributed by atoms with van der Waals surface area (Å²) in [6.45, 7) is 14.7. The van der Waals surface area contributed by atoms with E-state index < -0.39 is 11.9 Å². The van der Waals surface area contributed by atoms with Crippen LogP contribution >= 0.6 is 0 Å². The summed E-state index contributed by atoms with van der Waals surface area (Å²) in [6, 6.07) is 0.123. The summed E-state index contributed by atoms with van der Waals surface area (Å²) in [7, 11) is 0. The molecule has 204 valence electrons. The van der Waals surface area contributed by atoms with Crippen molar-refractivity contribution in [2.45, 2.75) is 77.5 Å². The minimum atomic E-state index is -1.07. The topological polar surface area (TPSA) is 237 Å². The number of carboxylic acids is 2. The van der Waals surface area contributed by atoms with Crippen molar-refractivity contribution in [2.75, 3.05) is 39.3 Å². The maximum absolute atomic E-state index is 11.2. The Morgan fingerprint density at radius 2 is 1.03 bits per heavy atom. The van der Waals surface area contributed by atoms with Gasteiger partial charge in [0, 0.05) is 62.4 Å². The summed E-state index contributed by atoms with van der Waals surface area (Å²) >= 11 is 0. The van der Waals surface area contributed by atoms with Crippen LogP contribution in [0.1, 0.15) is 54.4 Å². The third-order valence-electron chi connectivity index (χ3n) is 5.53. The molecule has 12 nitrogen and oxygen atoms in total. The predicted octanol–water partition coefficient (Wildman–Crippen LogP) is -4.90. The summed E-state index contributed by atoms with van der Waals surface area (Å²) in [5.41, 5.74) is -0.423. The van der Waals surface area contributed by atoms with Crippen LogP contribution < -0.4 is 20.8 Å². The molecule has 13 heteroatoms. The van der Waals surface area contributed by atoms with Gasteiger partial charge in [-0.25, -0.2) is 0 Å². The molecule has 0 aromatic rings. The maximum Gasteiger partial charge on any atom is 2.00 e. The van der Waals surface area contributed by atoms with Crippen LogP contribution in [0, 0.1) is 0 Å². The van der Waals surface area contributed by atoms with Gasteiger partial charge in [0.25, 0.3) is 0 Å². The number of carbonyl (C=O) groups is 2. The molecule has 0 radical (unpaired) electrons. The fourth-order valence-corrected chi connectivity index (χ4v) is 4.20. The molecular weight excluding hydrogens is 483 g/mol. The summed E-state index contributed by atoms with van der Waals surface area (Å²) < 4.78 is 0. The quantitative estimate of drug-likeness (QED) is 0.334. The second kappa shape index (κ2) is 18.4. The number of aliphatic carboxylic acids is 2. The van der Waals surface area contributed by atoms with Crippen LogP contribution in [-0.4, -0.2) is 106 Å². The minimum Gasteiger partial charge on any atom is -0.549 e. The zero-order valence-electron chi connectivity index (χ0n) is 20.7. The summed E-state index contributed by atoms with van der Waals surface area (Å²) in [6.07, 6.45) is 1.53. The Balaban J connectivity index is -0.000000523. The van der Waals surface area contributed by atoms with Crippen molar-refractivity contribution in [1.29, 1.82) is 0 Å². The largest absolute Gasteiger partial charge is 2.00 e. The van der Waals surface area contributed by atoms with E-state index in [0.717, 1.165) is 12.8 Å². The van der Waals surface area contributed by atoms with E-state index in [1.54, 1.807) is 0 Å². The Morgan fingerprint density at radius 1 is 0.758 bits per heavy atom. The van der Waals surface area contributed by atoms with E-state index in [9.17, 15) is 19.8 Å². The molecule has 10 N–H and O–H groups in total. The van der Waals surface area contributed by atoms with Gasteiger partial charge in [0.2, 0.25) is 0 Å². The maximum atomic E-state index is 11.2. The van der Waals surface area contributed by atoms with Gasteiger partial charge >= 0.3 is 16.5 Å². The molecule has 1 saturated heterocycles. The fourth-order valence-electron chi connectivity index (χ4n) is 4.20. The first-order valence-electron chi connectivity index (χ1n) is 10.2. The van der Waals surface area contributed by atoms with E-state index in [2.05, 4.69) is 38.3 Å². The minimum absolute atomic E-state index is 0. The first kappa shape index (κ1) is 42.3. The van der Waals surface area contributed by atoms with Gasteiger partial charge in [0.05, 0.1) is 11.9 Å². The average molecular weight is 529 g/mol. The van der Waals surface area contributed by atoms with Gasteiger partial charge in [0.15, 0.2) is 0 Å². The molecule has 33 heavy (non-hydrogen) atoms. The standard InChI is InChI=1S/C20H40N4O4.Ni.4H2O/c1-15-11-19(3,4)21-8-10-24(14-18(27)28)16(2)12-20(5,6)22-7-9-23(15)13-17(25)26;;;;;/h15-16,21-22H,7-14H2,1-6H3,(H,25,26)(H,27,28);;4*1H2/q;+2;;;;/p-2/t15-,16-;;;;;/m0...../s1. The summed E-state index contributed by atoms with van der Waals surface area (Å²) in [5.74, 6) is -2.13. The van der Waals surface area contributed by atoms with E-state index in [1.165, 1.54) is 0 Å². The van der Waals surface area contributed by atoms with Gasteiger partial charge in [0.1, 0.15) is 0 Å². The number of nitrogens with one attached hydrogen (secondary N) is 2. The molecule has 0 aliphatic carbocycles. The molecule has 1 aliphatic rings. The number of hydrogen-bond donors (Lipinski definition) is 2. The van der Waals surface area contributed by atoms with Crippen molar-refractivity contribution in [1.82, 2.24) is 20.4 Å². The van der Waals surface area contributed by atoms with Crippen LogP contribution in [0.3, 0.4) is 0 Å². The van der Waals surface area contributed by atoms with Crippen LogP contribution in [0.25, 0.3) is 0 Å². The third-order valence-corrected chi connectivity index (χ3v) is 5.53. The van der Waals surface area contributed by atoms with E-state index in [0.29, 0.717) is 26.2 Å². The van der Waals surface area contributed by atoms with E-state index in [1.807, 2.05) is 23.6 Å². The molecule has 2 atom stereocenters. The predicted molar refractivity (Wildman–Crippen MR) is 120 cm³/mol.